The van der Waals surface area contributed by atoms with Crippen LogP contribution in [0.4, 0.5) is 4.79 Å². The maximum atomic E-state index is 12.7. The van der Waals surface area contributed by atoms with E-state index < -0.39 is 0 Å². The second-order valence-corrected chi connectivity index (χ2v) is 7.45. The van der Waals surface area contributed by atoms with Gasteiger partial charge in [0, 0.05) is 21.7 Å². The summed E-state index contributed by atoms with van der Waals surface area (Å²) in [4.78, 5) is 26.5. The van der Waals surface area contributed by atoms with Gasteiger partial charge in [0.05, 0.1) is 25.7 Å². The molecule has 0 saturated carbocycles. The standard InChI is InChI=1S/C19H15Cl2NO4S/c1-25-14-6-4-11(16(9-14)26-2)7-17-18(23)22(19(24)27-17)10-12-3-5-13(20)8-15(12)21/h3-9H,10H2,1-2H3/b17-7-. The molecule has 1 heterocycles. The third-order valence-electron chi connectivity index (χ3n) is 3.94. The van der Waals surface area contributed by atoms with Crippen LogP contribution in [0.15, 0.2) is 41.3 Å². The Kier molecular flexibility index (Phi) is 5.99. The van der Waals surface area contributed by atoms with Crippen LogP contribution in [0.2, 0.25) is 10.0 Å². The molecule has 0 spiro atoms. The molecule has 0 unspecified atom stereocenters. The number of methoxy groups -OCH3 is 2. The molecule has 3 rings (SSSR count). The van der Waals surface area contributed by atoms with Crippen molar-refractivity contribution in [2.45, 2.75) is 6.54 Å². The van der Waals surface area contributed by atoms with Gasteiger partial charge in [-0.1, -0.05) is 29.3 Å². The average Bonchev–Trinajstić information content (AvgIpc) is 2.91. The third-order valence-corrected chi connectivity index (χ3v) is 5.44. The lowest BCUT2D eigenvalue weighted by molar-refractivity contribution is -0.123. The first-order valence-electron chi connectivity index (χ1n) is 7.84. The number of imide groups is 1. The van der Waals surface area contributed by atoms with E-state index in [2.05, 4.69) is 0 Å². The predicted octanol–water partition coefficient (Wildman–Crippen LogP) is 5.25. The number of hydrogen-bond acceptors (Lipinski definition) is 5. The summed E-state index contributed by atoms with van der Waals surface area (Å²) >= 11 is 12.9. The Balaban J connectivity index is 1.86. The van der Waals surface area contributed by atoms with Crippen molar-refractivity contribution in [2.75, 3.05) is 14.2 Å². The molecule has 5 nitrogen and oxygen atoms in total. The molecule has 1 aliphatic rings. The number of halogens is 2. The van der Waals surface area contributed by atoms with Gasteiger partial charge in [0.2, 0.25) is 0 Å². The molecule has 1 saturated heterocycles. The third kappa shape index (κ3) is 4.24. The Hall–Kier alpha value is -2.15. The molecule has 27 heavy (non-hydrogen) atoms. The maximum Gasteiger partial charge on any atom is 0.293 e. The molecule has 0 N–H and O–H groups in total. The van der Waals surface area contributed by atoms with Crippen LogP contribution < -0.4 is 9.47 Å². The number of amides is 2. The highest BCUT2D eigenvalue weighted by Gasteiger charge is 2.35. The Morgan fingerprint density at radius 2 is 1.85 bits per heavy atom. The van der Waals surface area contributed by atoms with E-state index >= 15 is 0 Å². The van der Waals surface area contributed by atoms with Gasteiger partial charge in [0.25, 0.3) is 11.1 Å². The molecule has 0 aromatic heterocycles. The summed E-state index contributed by atoms with van der Waals surface area (Å²) < 4.78 is 10.5. The van der Waals surface area contributed by atoms with Crippen molar-refractivity contribution < 1.29 is 19.1 Å². The molecule has 2 amide bonds. The molecule has 0 bridgehead atoms. The smallest absolute Gasteiger partial charge is 0.293 e. The number of rotatable bonds is 5. The number of carbonyl (C=O) groups excluding carboxylic acids is 2. The fraction of sp³-hybridized carbons (Fsp3) is 0.158. The van der Waals surface area contributed by atoms with E-state index in [1.807, 2.05) is 0 Å². The second kappa shape index (κ2) is 8.25. The van der Waals surface area contributed by atoms with Gasteiger partial charge < -0.3 is 9.47 Å². The summed E-state index contributed by atoms with van der Waals surface area (Å²) in [5, 5.41) is 0.538. The van der Waals surface area contributed by atoms with Crippen LogP contribution in [0.1, 0.15) is 11.1 Å². The largest absolute Gasteiger partial charge is 0.497 e. The van der Waals surface area contributed by atoms with Crippen LogP contribution in [0.3, 0.4) is 0 Å². The minimum absolute atomic E-state index is 0.0811. The normalized spacial score (nSPS) is 15.6. The highest BCUT2D eigenvalue weighted by atomic mass is 35.5. The van der Waals surface area contributed by atoms with Gasteiger partial charge in [-0.25, -0.2) is 0 Å². The number of nitrogens with zero attached hydrogens (tertiary/aromatic N) is 1. The lowest BCUT2D eigenvalue weighted by Gasteiger charge is -2.13. The van der Waals surface area contributed by atoms with E-state index in [-0.39, 0.29) is 17.7 Å². The van der Waals surface area contributed by atoms with E-state index in [0.29, 0.717) is 37.6 Å². The van der Waals surface area contributed by atoms with Crippen molar-refractivity contribution in [2.24, 2.45) is 0 Å². The zero-order valence-corrected chi connectivity index (χ0v) is 16.8. The van der Waals surface area contributed by atoms with Crippen LogP contribution >= 0.6 is 35.0 Å². The first-order valence-corrected chi connectivity index (χ1v) is 9.41. The molecule has 0 radical (unpaired) electrons. The summed E-state index contributed by atoms with van der Waals surface area (Å²) in [5.74, 6) is 0.797. The molecule has 8 heteroatoms. The summed E-state index contributed by atoms with van der Waals surface area (Å²) in [6.07, 6.45) is 1.63. The molecule has 0 aliphatic carbocycles. The first-order chi connectivity index (χ1) is 12.9. The molecule has 140 valence electrons. The quantitative estimate of drug-likeness (QED) is 0.614. The van der Waals surface area contributed by atoms with E-state index in [9.17, 15) is 9.59 Å². The molecule has 0 atom stereocenters. The SMILES string of the molecule is COc1ccc(/C=C2\SC(=O)N(Cc3ccc(Cl)cc3Cl)C2=O)c(OC)c1. The topological polar surface area (TPSA) is 55.8 Å². The molecule has 2 aromatic carbocycles. The van der Waals surface area contributed by atoms with Crippen LogP contribution in [0, 0.1) is 0 Å². The monoisotopic (exact) mass is 423 g/mol. The van der Waals surface area contributed by atoms with Crippen LogP contribution in [-0.2, 0) is 11.3 Å². The summed E-state index contributed by atoms with van der Waals surface area (Å²) in [6, 6.07) is 10.2. The zero-order chi connectivity index (χ0) is 19.6. The van der Waals surface area contributed by atoms with E-state index in [4.69, 9.17) is 32.7 Å². The summed E-state index contributed by atoms with van der Waals surface area (Å²) in [7, 11) is 3.09. The zero-order valence-electron chi connectivity index (χ0n) is 14.5. The summed E-state index contributed by atoms with van der Waals surface area (Å²) in [5.41, 5.74) is 1.32. The highest BCUT2D eigenvalue weighted by molar-refractivity contribution is 8.18. The number of hydrogen-bond donors (Lipinski definition) is 0. The lowest BCUT2D eigenvalue weighted by Crippen LogP contribution is -2.27. The minimum atomic E-state index is -0.381. The molecular formula is C19H15Cl2NO4S. The van der Waals surface area contributed by atoms with E-state index in [0.717, 1.165) is 16.7 Å². The Labute approximate surface area is 170 Å². The summed E-state index contributed by atoms with van der Waals surface area (Å²) in [6.45, 7) is 0.0811. The van der Waals surface area contributed by atoms with Crippen molar-refractivity contribution in [3.63, 3.8) is 0 Å². The molecule has 2 aromatic rings. The first kappa shape index (κ1) is 19.6. The number of carbonyl (C=O) groups is 2. The number of benzene rings is 2. The number of ether oxygens (including phenoxy) is 2. The maximum absolute atomic E-state index is 12.7. The van der Waals surface area contributed by atoms with Gasteiger partial charge in [-0.2, -0.15) is 0 Å². The number of thioether (sulfide) groups is 1. The minimum Gasteiger partial charge on any atom is -0.497 e. The van der Waals surface area contributed by atoms with Crippen LogP contribution in [-0.4, -0.2) is 30.3 Å². The second-order valence-electron chi connectivity index (χ2n) is 5.61. The van der Waals surface area contributed by atoms with Crippen molar-refractivity contribution in [1.82, 2.24) is 4.90 Å². The van der Waals surface area contributed by atoms with Crippen LogP contribution in [0.25, 0.3) is 6.08 Å². The van der Waals surface area contributed by atoms with Crippen molar-refractivity contribution in [1.29, 1.82) is 0 Å². The molecule has 1 aliphatic heterocycles. The Morgan fingerprint density at radius 1 is 1.07 bits per heavy atom. The Morgan fingerprint density at radius 3 is 2.52 bits per heavy atom. The van der Waals surface area contributed by atoms with Gasteiger partial charge in [-0.3, -0.25) is 14.5 Å². The lowest BCUT2D eigenvalue weighted by atomic mass is 10.1. The highest BCUT2D eigenvalue weighted by Crippen LogP contribution is 2.36. The van der Waals surface area contributed by atoms with Gasteiger partial charge in [-0.15, -0.1) is 0 Å². The van der Waals surface area contributed by atoms with E-state index in [1.165, 1.54) is 7.11 Å². The van der Waals surface area contributed by atoms with Gasteiger partial charge in [0.15, 0.2) is 0 Å². The predicted molar refractivity (Wildman–Crippen MR) is 108 cm³/mol. The van der Waals surface area contributed by atoms with Gasteiger partial charge in [-0.05, 0) is 47.7 Å². The fourth-order valence-corrected chi connectivity index (χ4v) is 3.83. The average molecular weight is 424 g/mol. The van der Waals surface area contributed by atoms with E-state index in [1.54, 1.807) is 49.6 Å². The van der Waals surface area contributed by atoms with Gasteiger partial charge >= 0.3 is 0 Å². The van der Waals surface area contributed by atoms with Gasteiger partial charge in [0.1, 0.15) is 11.5 Å². The van der Waals surface area contributed by atoms with Crippen LogP contribution in [0.5, 0.6) is 11.5 Å². The molecule has 1 fully saturated rings. The van der Waals surface area contributed by atoms with Crippen molar-refractivity contribution in [3.8, 4) is 11.5 Å². The fourth-order valence-electron chi connectivity index (χ4n) is 2.54. The Bertz CT molecular complexity index is 945. The van der Waals surface area contributed by atoms with Crippen molar-refractivity contribution >= 4 is 52.2 Å². The molecular weight excluding hydrogens is 409 g/mol. The van der Waals surface area contributed by atoms with Crippen molar-refractivity contribution in [3.05, 3.63) is 62.5 Å².